The van der Waals surface area contributed by atoms with Crippen molar-refractivity contribution < 1.29 is 8.42 Å². The number of hydrogen-bond donors (Lipinski definition) is 1. The van der Waals surface area contributed by atoms with Crippen LogP contribution in [0.15, 0.2) is 59.9 Å². The lowest BCUT2D eigenvalue weighted by atomic mass is 10.1. The summed E-state index contributed by atoms with van der Waals surface area (Å²) in [7, 11) is -3.23. The maximum Gasteiger partial charge on any atom is 0.178 e. The van der Waals surface area contributed by atoms with Crippen LogP contribution in [0.4, 0.5) is 0 Å². The maximum absolute atomic E-state index is 11.6. The summed E-state index contributed by atoms with van der Waals surface area (Å²) in [6.45, 7) is 0. The van der Waals surface area contributed by atoms with E-state index in [9.17, 15) is 8.42 Å². The van der Waals surface area contributed by atoms with Crippen molar-refractivity contribution in [3.63, 3.8) is 0 Å². The van der Waals surface area contributed by atoms with Gasteiger partial charge in [0.05, 0.1) is 28.5 Å². The predicted octanol–water partition coefficient (Wildman–Crippen LogP) is 2.49. The molecular weight excluding hydrogens is 338 g/mol. The molecule has 0 amide bonds. The molecule has 1 N–H and O–H groups in total. The Balaban J connectivity index is 1.74. The van der Waals surface area contributed by atoms with Crippen LogP contribution in [0.1, 0.15) is 0 Å². The van der Waals surface area contributed by atoms with Gasteiger partial charge in [0, 0.05) is 18.0 Å². The number of aromatic amines is 1. The van der Waals surface area contributed by atoms with E-state index in [4.69, 9.17) is 0 Å². The summed E-state index contributed by atoms with van der Waals surface area (Å²) in [5.74, 6) is 0.579. The molecule has 0 aliphatic heterocycles. The number of imidazole rings is 1. The zero-order valence-electron chi connectivity index (χ0n) is 13.2. The molecule has 0 bridgehead atoms. The van der Waals surface area contributed by atoms with Crippen molar-refractivity contribution in [3.05, 3.63) is 55.0 Å². The van der Waals surface area contributed by atoms with Crippen LogP contribution >= 0.6 is 0 Å². The van der Waals surface area contributed by atoms with E-state index in [0.29, 0.717) is 22.9 Å². The minimum atomic E-state index is -3.23. The van der Waals surface area contributed by atoms with Crippen LogP contribution in [-0.4, -0.2) is 39.6 Å². The third-order valence-electron chi connectivity index (χ3n) is 3.71. The fraction of sp³-hybridized carbons (Fsp3) is 0.0588. The van der Waals surface area contributed by atoms with E-state index in [-0.39, 0.29) is 4.90 Å². The van der Waals surface area contributed by atoms with Crippen LogP contribution in [0.2, 0.25) is 0 Å². The second kappa shape index (κ2) is 5.75. The summed E-state index contributed by atoms with van der Waals surface area (Å²) < 4.78 is 23.1. The van der Waals surface area contributed by atoms with Gasteiger partial charge in [-0.15, -0.1) is 0 Å². The van der Waals surface area contributed by atoms with Gasteiger partial charge in [0.15, 0.2) is 21.3 Å². The molecule has 0 atom stereocenters. The standard InChI is InChI=1S/C17H13N5O2S/c1-25(23,24)12-6-4-11(5-7-12)14-9-18-10-15(20-14)17-21-13-3-2-8-19-16(13)22-17/h2-10H,1H3,(H,19,21,22). The Morgan fingerprint density at radius 2 is 1.72 bits per heavy atom. The number of hydrogen-bond acceptors (Lipinski definition) is 6. The Kier molecular flexibility index (Phi) is 3.54. The molecule has 4 rings (SSSR count). The fourth-order valence-corrected chi connectivity index (χ4v) is 3.09. The normalized spacial score (nSPS) is 11.7. The topological polar surface area (TPSA) is 101 Å². The Morgan fingerprint density at radius 1 is 0.960 bits per heavy atom. The number of H-pyrrole nitrogens is 1. The summed E-state index contributed by atoms with van der Waals surface area (Å²) in [6.07, 6.45) is 6.10. The van der Waals surface area contributed by atoms with E-state index in [1.165, 1.54) is 6.26 Å². The number of rotatable bonds is 3. The minimum absolute atomic E-state index is 0.267. The molecular formula is C17H13N5O2S. The van der Waals surface area contributed by atoms with E-state index < -0.39 is 9.84 Å². The van der Waals surface area contributed by atoms with Crippen molar-refractivity contribution in [2.45, 2.75) is 4.90 Å². The maximum atomic E-state index is 11.6. The zero-order chi connectivity index (χ0) is 17.4. The summed E-state index contributed by atoms with van der Waals surface area (Å²) >= 11 is 0. The molecule has 0 fully saturated rings. The van der Waals surface area contributed by atoms with Crippen molar-refractivity contribution in [1.29, 1.82) is 0 Å². The SMILES string of the molecule is CS(=O)(=O)c1ccc(-c2cncc(-c3nc4ncccc4[nH]3)n2)cc1. The van der Waals surface area contributed by atoms with Gasteiger partial charge in [-0.1, -0.05) is 12.1 Å². The molecule has 8 heteroatoms. The quantitative estimate of drug-likeness (QED) is 0.608. The highest BCUT2D eigenvalue weighted by Gasteiger charge is 2.11. The number of aromatic nitrogens is 5. The lowest BCUT2D eigenvalue weighted by molar-refractivity contribution is 0.602. The van der Waals surface area contributed by atoms with Gasteiger partial charge < -0.3 is 4.98 Å². The van der Waals surface area contributed by atoms with Gasteiger partial charge in [-0.25, -0.2) is 23.4 Å². The van der Waals surface area contributed by atoms with Crippen molar-refractivity contribution in [3.8, 4) is 22.8 Å². The summed E-state index contributed by atoms with van der Waals surface area (Å²) in [5.41, 5.74) is 3.43. The average Bonchev–Trinajstić information content (AvgIpc) is 3.05. The van der Waals surface area contributed by atoms with Crippen molar-refractivity contribution in [2.75, 3.05) is 6.26 Å². The molecule has 0 spiro atoms. The fourth-order valence-electron chi connectivity index (χ4n) is 2.46. The molecule has 25 heavy (non-hydrogen) atoms. The first kappa shape index (κ1) is 15.4. The third-order valence-corrected chi connectivity index (χ3v) is 4.84. The Morgan fingerprint density at radius 3 is 2.44 bits per heavy atom. The Bertz CT molecular complexity index is 1130. The van der Waals surface area contributed by atoms with Gasteiger partial charge in [0.1, 0.15) is 5.69 Å². The number of pyridine rings is 1. The highest BCUT2D eigenvalue weighted by atomic mass is 32.2. The largest absolute Gasteiger partial charge is 0.335 e. The lowest BCUT2D eigenvalue weighted by Gasteiger charge is -2.04. The number of nitrogens with one attached hydrogen (secondary N) is 1. The first-order chi connectivity index (χ1) is 12.0. The molecule has 3 aromatic heterocycles. The van der Waals surface area contributed by atoms with Crippen LogP contribution in [0.25, 0.3) is 33.9 Å². The number of sulfone groups is 1. The molecule has 4 aromatic rings. The third kappa shape index (κ3) is 2.99. The molecule has 1 aromatic carbocycles. The minimum Gasteiger partial charge on any atom is -0.335 e. The average molecular weight is 351 g/mol. The summed E-state index contributed by atoms with van der Waals surface area (Å²) in [4.78, 5) is 20.8. The van der Waals surface area contributed by atoms with Gasteiger partial charge >= 0.3 is 0 Å². The number of fused-ring (bicyclic) bond motifs is 1. The molecule has 0 aliphatic rings. The molecule has 0 aliphatic carbocycles. The van der Waals surface area contributed by atoms with E-state index in [2.05, 4.69) is 24.9 Å². The van der Waals surface area contributed by atoms with Crippen LogP contribution in [0, 0.1) is 0 Å². The molecule has 0 saturated heterocycles. The number of nitrogens with zero attached hydrogens (tertiary/aromatic N) is 4. The lowest BCUT2D eigenvalue weighted by Crippen LogP contribution is -1.97. The van der Waals surface area contributed by atoms with Crippen LogP contribution < -0.4 is 0 Å². The first-order valence-corrected chi connectivity index (χ1v) is 9.33. The first-order valence-electron chi connectivity index (χ1n) is 7.44. The highest BCUT2D eigenvalue weighted by Crippen LogP contribution is 2.22. The van der Waals surface area contributed by atoms with Crippen LogP contribution in [-0.2, 0) is 9.84 Å². The summed E-state index contributed by atoms with van der Waals surface area (Å²) in [5, 5.41) is 0. The van der Waals surface area contributed by atoms with Gasteiger partial charge in [-0.3, -0.25) is 4.98 Å². The Labute approximate surface area is 143 Å². The highest BCUT2D eigenvalue weighted by molar-refractivity contribution is 7.90. The monoisotopic (exact) mass is 351 g/mol. The Hall–Kier alpha value is -3.13. The van der Waals surface area contributed by atoms with Gasteiger partial charge in [0.2, 0.25) is 0 Å². The van der Waals surface area contributed by atoms with Crippen LogP contribution in [0.5, 0.6) is 0 Å². The molecule has 0 unspecified atom stereocenters. The second-order valence-corrected chi connectivity index (χ2v) is 7.56. The van der Waals surface area contributed by atoms with Gasteiger partial charge in [-0.05, 0) is 24.3 Å². The van der Waals surface area contributed by atoms with Crippen molar-refractivity contribution >= 4 is 21.0 Å². The van der Waals surface area contributed by atoms with E-state index >= 15 is 0 Å². The van der Waals surface area contributed by atoms with E-state index in [1.807, 2.05) is 12.1 Å². The van der Waals surface area contributed by atoms with Gasteiger partial charge in [-0.2, -0.15) is 0 Å². The molecule has 3 heterocycles. The van der Waals surface area contributed by atoms with Crippen molar-refractivity contribution in [1.82, 2.24) is 24.9 Å². The molecule has 7 nitrogen and oxygen atoms in total. The summed E-state index contributed by atoms with van der Waals surface area (Å²) in [6, 6.07) is 10.3. The van der Waals surface area contributed by atoms with Crippen LogP contribution in [0.3, 0.4) is 0 Å². The molecule has 124 valence electrons. The van der Waals surface area contributed by atoms with Gasteiger partial charge in [0.25, 0.3) is 0 Å². The second-order valence-electron chi connectivity index (χ2n) is 5.55. The smallest absolute Gasteiger partial charge is 0.178 e. The number of benzene rings is 1. The van der Waals surface area contributed by atoms with E-state index in [1.54, 1.807) is 42.9 Å². The predicted molar refractivity (Wildman–Crippen MR) is 93.5 cm³/mol. The molecule has 0 saturated carbocycles. The van der Waals surface area contributed by atoms with E-state index in [0.717, 1.165) is 11.1 Å². The van der Waals surface area contributed by atoms with Crippen molar-refractivity contribution in [2.24, 2.45) is 0 Å². The molecule has 0 radical (unpaired) electrons. The zero-order valence-corrected chi connectivity index (χ0v) is 14.0.